The van der Waals surface area contributed by atoms with Gasteiger partial charge in [0.1, 0.15) is 18.2 Å². The Labute approximate surface area is 340 Å². The van der Waals surface area contributed by atoms with Gasteiger partial charge >= 0.3 is 0 Å². The molecule has 0 amide bonds. The van der Waals surface area contributed by atoms with Gasteiger partial charge in [-0.3, -0.25) is 0 Å². The summed E-state index contributed by atoms with van der Waals surface area (Å²) < 4.78 is 9.16. The third kappa shape index (κ3) is 7.31. The van der Waals surface area contributed by atoms with Crippen molar-refractivity contribution < 1.29 is 4.74 Å². The number of fused-ring (bicyclic) bond motifs is 4. The van der Waals surface area contributed by atoms with Crippen molar-refractivity contribution in [3.63, 3.8) is 0 Å². The topological polar surface area (TPSA) is 20.6 Å². The van der Waals surface area contributed by atoms with Gasteiger partial charge in [-0.2, -0.15) is 0 Å². The summed E-state index contributed by atoms with van der Waals surface area (Å²) >= 11 is 0. The van der Waals surface area contributed by atoms with E-state index in [0.717, 1.165) is 28.4 Å². The van der Waals surface area contributed by atoms with Crippen LogP contribution in [0.15, 0.2) is 127 Å². The molecule has 7 aromatic rings. The molecule has 0 bridgehead atoms. The van der Waals surface area contributed by atoms with Gasteiger partial charge in [-0.05, 0) is 111 Å². The van der Waals surface area contributed by atoms with Crippen LogP contribution in [0, 0.1) is 0 Å². The highest BCUT2D eigenvalue weighted by atomic mass is 16.5. The maximum absolute atomic E-state index is 6.78. The molecule has 1 aliphatic rings. The van der Waals surface area contributed by atoms with Gasteiger partial charge in [-0.25, -0.2) is 0 Å². The molecule has 0 N–H and O–H groups in total. The fraction of sp³-hybridized carbons (Fsp3) is 0.321. The number of anilines is 4. The van der Waals surface area contributed by atoms with E-state index in [1.54, 1.807) is 0 Å². The minimum atomic E-state index is 0.0137. The number of rotatable bonds is 5. The molecule has 0 fully saturated rings. The van der Waals surface area contributed by atoms with E-state index in [2.05, 4.69) is 225 Å². The Morgan fingerprint density at radius 3 is 1.63 bits per heavy atom. The van der Waals surface area contributed by atoms with Gasteiger partial charge in [0.15, 0.2) is 0 Å². The lowest BCUT2D eigenvalue weighted by Crippen LogP contribution is -2.25. The second-order valence-corrected chi connectivity index (χ2v) is 20.2. The number of aromatic nitrogens is 1. The van der Waals surface area contributed by atoms with Crippen LogP contribution in [0.5, 0.6) is 11.5 Å². The van der Waals surface area contributed by atoms with Crippen molar-refractivity contribution in [2.24, 2.45) is 0 Å². The smallest absolute Gasteiger partial charge is 0.129 e. The van der Waals surface area contributed by atoms with Crippen LogP contribution in [-0.2, 0) is 21.7 Å². The van der Waals surface area contributed by atoms with E-state index in [9.17, 15) is 0 Å². The van der Waals surface area contributed by atoms with Gasteiger partial charge in [0.25, 0.3) is 0 Å². The summed E-state index contributed by atoms with van der Waals surface area (Å²) in [6, 6.07) is 46.9. The summed E-state index contributed by atoms with van der Waals surface area (Å²) in [7, 11) is 0. The molecule has 292 valence electrons. The van der Waals surface area contributed by atoms with Crippen molar-refractivity contribution in [2.75, 3.05) is 16.5 Å². The molecule has 0 atom stereocenters. The summed E-state index contributed by atoms with van der Waals surface area (Å²) in [6.45, 7) is 28.3. The molecule has 0 spiro atoms. The Kier molecular flexibility index (Phi) is 9.15. The second-order valence-electron chi connectivity index (χ2n) is 20.2. The van der Waals surface area contributed by atoms with Gasteiger partial charge < -0.3 is 19.1 Å². The summed E-state index contributed by atoms with van der Waals surface area (Å²) in [5.41, 5.74) is 13.6. The van der Waals surface area contributed by atoms with Crippen molar-refractivity contribution in [3.8, 4) is 17.2 Å². The number of ether oxygens (including phenoxy) is 1. The van der Waals surface area contributed by atoms with E-state index in [4.69, 9.17) is 4.74 Å². The Morgan fingerprint density at radius 2 is 0.947 bits per heavy atom. The Balaban J connectivity index is 1.19. The summed E-state index contributed by atoms with van der Waals surface area (Å²) in [4.78, 5) is 4.93. The van der Waals surface area contributed by atoms with Crippen molar-refractivity contribution in [1.29, 1.82) is 0 Å². The van der Waals surface area contributed by atoms with Crippen molar-refractivity contribution in [1.82, 2.24) is 4.57 Å². The van der Waals surface area contributed by atoms with Gasteiger partial charge in [0.2, 0.25) is 0 Å². The third-order valence-electron chi connectivity index (χ3n) is 11.6. The number of para-hydroxylation sites is 1. The molecular weight excluding hydrogens is 695 g/mol. The molecule has 6 aromatic carbocycles. The van der Waals surface area contributed by atoms with E-state index >= 15 is 0 Å². The van der Waals surface area contributed by atoms with E-state index in [-0.39, 0.29) is 21.7 Å². The van der Waals surface area contributed by atoms with Crippen LogP contribution in [0.1, 0.15) is 105 Å². The van der Waals surface area contributed by atoms with Gasteiger partial charge in [-0.15, -0.1) is 0 Å². The quantitative estimate of drug-likeness (QED) is 0.175. The number of hydrogen-bond acceptors (Lipinski definition) is 3. The highest BCUT2D eigenvalue weighted by molar-refractivity contribution is 6.09. The predicted molar refractivity (Wildman–Crippen MR) is 244 cm³/mol. The zero-order chi connectivity index (χ0) is 40.7. The maximum atomic E-state index is 6.78. The van der Waals surface area contributed by atoms with Crippen LogP contribution in [0.4, 0.5) is 22.7 Å². The monoisotopic (exact) mass is 753 g/mol. The molecule has 0 radical (unpaired) electrons. The lowest BCUT2D eigenvalue weighted by atomic mass is 9.80. The van der Waals surface area contributed by atoms with Gasteiger partial charge in [-0.1, -0.05) is 132 Å². The second kappa shape index (κ2) is 13.6. The first-order chi connectivity index (χ1) is 26.8. The number of nitrogens with zero attached hydrogens (tertiary/aromatic N) is 3. The molecule has 4 nitrogen and oxygen atoms in total. The largest absolute Gasteiger partial charge is 0.457 e. The molecule has 4 heteroatoms. The highest BCUT2D eigenvalue weighted by Crippen LogP contribution is 2.48. The first-order valence-corrected chi connectivity index (χ1v) is 20.5. The minimum absolute atomic E-state index is 0.0137. The third-order valence-corrected chi connectivity index (χ3v) is 11.6. The van der Waals surface area contributed by atoms with Gasteiger partial charge in [0, 0.05) is 40.0 Å². The van der Waals surface area contributed by atoms with Crippen LogP contribution < -0.4 is 14.5 Å². The lowest BCUT2D eigenvalue weighted by molar-refractivity contribution is 0.483. The SMILES string of the molecule is CC(C)(C)c1cccc(-n2c3ccccc3c3ccc(Oc4cccc(N5CN(c6cc(C(C)(C)C)cc(C(C)(C)C)c6)c6ccc(C(C)(C)C)cc65)c4)cc32)c1. The standard InChI is InChI=1S/C53H59N3O/c1-50(2,3)35-17-15-19-40(28-35)56-46-22-14-13-21-44(46)45-25-24-43(33-48(45)56)57-42-20-16-18-39(32-42)54-34-55(47-26-23-36(31-49(47)54)51(4,5)6)41-29-37(52(7,8)9)27-38(30-41)53(10,11)12/h13-33H,34H2,1-12H3. The molecule has 1 aliphatic heterocycles. The number of benzene rings is 6. The summed E-state index contributed by atoms with van der Waals surface area (Å²) in [6.07, 6.45) is 0. The predicted octanol–water partition coefficient (Wildman–Crippen LogP) is 15.0. The van der Waals surface area contributed by atoms with E-state index in [1.165, 1.54) is 55.6 Å². The molecule has 57 heavy (non-hydrogen) atoms. The molecule has 0 saturated carbocycles. The highest BCUT2D eigenvalue weighted by Gasteiger charge is 2.32. The normalized spacial score (nSPS) is 13.8. The van der Waals surface area contributed by atoms with Crippen LogP contribution >= 0.6 is 0 Å². The van der Waals surface area contributed by atoms with Crippen LogP contribution in [-0.4, -0.2) is 11.2 Å². The molecule has 1 aromatic heterocycles. The Morgan fingerprint density at radius 1 is 0.386 bits per heavy atom. The van der Waals surface area contributed by atoms with E-state index in [1.807, 2.05) is 0 Å². The van der Waals surface area contributed by atoms with Crippen molar-refractivity contribution in [3.05, 3.63) is 150 Å². The van der Waals surface area contributed by atoms with E-state index < -0.39 is 0 Å². The van der Waals surface area contributed by atoms with Crippen LogP contribution in [0.3, 0.4) is 0 Å². The molecule has 2 heterocycles. The average molecular weight is 754 g/mol. The molecular formula is C53H59N3O. The van der Waals surface area contributed by atoms with E-state index in [0.29, 0.717) is 6.67 Å². The Hall–Kier alpha value is -5.48. The summed E-state index contributed by atoms with van der Waals surface area (Å²) in [5, 5.41) is 2.44. The lowest BCUT2D eigenvalue weighted by Gasteiger charge is -2.29. The van der Waals surface area contributed by atoms with Crippen molar-refractivity contribution in [2.45, 2.75) is 105 Å². The molecule has 0 saturated heterocycles. The van der Waals surface area contributed by atoms with Crippen molar-refractivity contribution >= 4 is 44.6 Å². The molecule has 0 aliphatic carbocycles. The minimum Gasteiger partial charge on any atom is -0.457 e. The zero-order valence-electron chi connectivity index (χ0n) is 36.1. The molecule has 0 unspecified atom stereocenters. The maximum Gasteiger partial charge on any atom is 0.129 e. The molecule has 8 rings (SSSR count). The fourth-order valence-corrected chi connectivity index (χ4v) is 8.06. The first kappa shape index (κ1) is 38.4. The Bertz CT molecular complexity index is 2600. The van der Waals surface area contributed by atoms with Crippen LogP contribution in [0.25, 0.3) is 27.5 Å². The first-order valence-electron chi connectivity index (χ1n) is 20.5. The van der Waals surface area contributed by atoms with Gasteiger partial charge in [0.05, 0.1) is 22.4 Å². The zero-order valence-corrected chi connectivity index (χ0v) is 36.1. The number of hydrogen-bond donors (Lipinski definition) is 0. The summed E-state index contributed by atoms with van der Waals surface area (Å²) in [5.74, 6) is 1.61. The van der Waals surface area contributed by atoms with Crippen LogP contribution in [0.2, 0.25) is 0 Å². The average Bonchev–Trinajstić information content (AvgIpc) is 3.69. The fourth-order valence-electron chi connectivity index (χ4n) is 8.06.